The highest BCUT2D eigenvalue weighted by molar-refractivity contribution is 6.67. The van der Waals surface area contributed by atoms with E-state index in [4.69, 9.17) is 74.3 Å². The van der Waals surface area contributed by atoms with Crippen LogP contribution in [0.15, 0.2) is 42.5 Å². The van der Waals surface area contributed by atoms with E-state index in [1.54, 1.807) is 18.2 Å². The van der Waals surface area contributed by atoms with Gasteiger partial charge < -0.3 is 20.0 Å². The fourth-order valence-electron chi connectivity index (χ4n) is 1.90. The topological polar surface area (TPSA) is 61.4 Å². The Bertz CT molecular complexity index is 786. The smallest absolute Gasteiger partial charge is 0.219 e. The molecule has 25 heavy (non-hydrogen) atoms. The molecule has 0 unspecified atom stereocenters. The van der Waals surface area contributed by atoms with Crippen molar-refractivity contribution in [2.45, 2.75) is 7.59 Å². The first-order valence-electron chi connectivity index (χ1n) is 6.51. The lowest BCUT2D eigenvalue weighted by molar-refractivity contribution is -0.242. The number of ether oxygens (including phenoxy) is 1. The first-order valence-corrected chi connectivity index (χ1v) is 8.78. The Balaban J connectivity index is 2.41. The third-order valence-electron chi connectivity index (χ3n) is 2.92. The van der Waals surface area contributed by atoms with Crippen molar-refractivity contribution in [3.05, 3.63) is 53.6 Å². The minimum absolute atomic E-state index is 0.114. The number of carboxylic acid groups (broad SMARTS) is 1. The molecule has 2 aromatic carbocycles. The van der Waals surface area contributed by atoms with Gasteiger partial charge in [0.05, 0.1) is 0 Å². The quantitative estimate of drug-likeness (QED) is 0.579. The fraction of sp³-hybridized carbons (Fsp3) is 0.133. The summed E-state index contributed by atoms with van der Waals surface area (Å²) in [7, 11) is 0. The van der Waals surface area contributed by atoms with Crippen molar-refractivity contribution in [3.63, 3.8) is 0 Å². The number of anilines is 1. The number of rotatable bonds is 3. The van der Waals surface area contributed by atoms with Crippen molar-refractivity contribution in [1.29, 1.82) is 0 Å². The summed E-state index contributed by atoms with van der Waals surface area (Å²) in [6, 6.07) is 10.6. The van der Waals surface area contributed by atoms with Crippen molar-refractivity contribution in [2.24, 2.45) is 0 Å². The molecule has 0 radical (unpaired) electrons. The minimum atomic E-state index is -1.87. The fourth-order valence-corrected chi connectivity index (χ4v) is 2.69. The van der Waals surface area contributed by atoms with Crippen molar-refractivity contribution in [1.82, 2.24) is 0 Å². The first-order chi connectivity index (χ1) is 11.5. The maximum atomic E-state index is 10.6. The van der Waals surface area contributed by atoms with Crippen molar-refractivity contribution < 1.29 is 14.6 Å². The Morgan fingerprint density at radius 1 is 0.960 bits per heavy atom. The average molecular weight is 463 g/mol. The zero-order chi connectivity index (χ0) is 18.8. The van der Waals surface area contributed by atoms with Gasteiger partial charge in [0, 0.05) is 16.8 Å². The van der Waals surface area contributed by atoms with Crippen LogP contribution in [-0.2, 0) is 7.59 Å². The summed E-state index contributed by atoms with van der Waals surface area (Å²) in [5, 5.41) is 12.7. The molecule has 0 aliphatic rings. The number of amides is 1. The largest absolute Gasteiger partial charge is 0.530 e. The van der Waals surface area contributed by atoms with Gasteiger partial charge in [-0.3, -0.25) is 0 Å². The molecule has 4 nitrogen and oxygen atoms in total. The number of halogens is 6. The van der Waals surface area contributed by atoms with E-state index in [-0.39, 0.29) is 17.0 Å². The lowest BCUT2D eigenvalue weighted by Crippen LogP contribution is -2.28. The second-order valence-electron chi connectivity index (χ2n) is 4.75. The minimum Gasteiger partial charge on any atom is -0.530 e. The van der Waals surface area contributed by atoms with Crippen LogP contribution in [0.4, 0.5) is 10.5 Å². The highest BCUT2D eigenvalue weighted by atomic mass is 35.6. The molecule has 0 aliphatic heterocycles. The van der Waals surface area contributed by atoms with E-state index in [0.717, 1.165) is 0 Å². The normalized spacial score (nSPS) is 11.9. The Morgan fingerprint density at radius 2 is 1.64 bits per heavy atom. The number of hydrogen-bond donors (Lipinski definition) is 1. The van der Waals surface area contributed by atoms with Crippen molar-refractivity contribution in [3.8, 4) is 11.5 Å². The van der Waals surface area contributed by atoms with Gasteiger partial charge in [0.2, 0.25) is 7.59 Å². The third kappa shape index (κ3) is 5.88. The highest BCUT2D eigenvalue weighted by Gasteiger charge is 2.28. The summed E-state index contributed by atoms with van der Waals surface area (Å²) in [5.41, 5.74) is 0.660. The molecule has 10 heteroatoms. The lowest BCUT2D eigenvalue weighted by Gasteiger charge is -2.19. The standard InChI is InChI=1S/C15H9Cl6NO3/c16-14(17,18)8-2-1-3-10(6-8)25-12-5-4-9(22-13(23)24)7-11(12)15(19,20)21/h1-7,22H,(H,23,24)/p-1. The van der Waals surface area contributed by atoms with Gasteiger partial charge in [-0.05, 0) is 30.3 Å². The van der Waals surface area contributed by atoms with E-state index < -0.39 is 13.7 Å². The number of carbonyl (C=O) groups is 1. The van der Waals surface area contributed by atoms with Crippen molar-refractivity contribution in [2.75, 3.05) is 5.32 Å². The predicted octanol–water partition coefficient (Wildman–Crippen LogP) is 5.89. The van der Waals surface area contributed by atoms with Crippen molar-refractivity contribution >= 4 is 81.4 Å². The molecule has 2 rings (SSSR count). The summed E-state index contributed by atoms with van der Waals surface area (Å²) < 4.78 is 2.22. The van der Waals surface area contributed by atoms with Crippen LogP contribution in [0, 0.1) is 0 Å². The molecule has 1 N–H and O–H groups in total. The molecule has 0 spiro atoms. The molecule has 1 amide bonds. The highest BCUT2D eigenvalue weighted by Crippen LogP contribution is 2.46. The molecule has 0 atom stereocenters. The maximum Gasteiger partial charge on any atom is 0.219 e. The van der Waals surface area contributed by atoms with Crippen LogP contribution in [-0.4, -0.2) is 6.09 Å². The van der Waals surface area contributed by atoms with Crippen LogP contribution in [0.2, 0.25) is 0 Å². The van der Waals surface area contributed by atoms with Crippen LogP contribution < -0.4 is 15.2 Å². The second kappa shape index (κ2) is 7.87. The van der Waals surface area contributed by atoms with Gasteiger partial charge in [0.1, 0.15) is 17.6 Å². The number of benzene rings is 2. The second-order valence-corrected chi connectivity index (χ2v) is 9.31. The number of carbonyl (C=O) groups excluding carboxylic acids is 1. The molecule has 0 bridgehead atoms. The van der Waals surface area contributed by atoms with Crippen LogP contribution in [0.25, 0.3) is 0 Å². The zero-order valence-electron chi connectivity index (χ0n) is 12.0. The van der Waals surface area contributed by atoms with Gasteiger partial charge >= 0.3 is 0 Å². The van der Waals surface area contributed by atoms with Gasteiger partial charge in [-0.2, -0.15) is 0 Å². The van der Waals surface area contributed by atoms with Crippen LogP contribution in [0.3, 0.4) is 0 Å². The molecule has 0 heterocycles. The Kier molecular flexibility index (Phi) is 6.47. The van der Waals surface area contributed by atoms with Gasteiger partial charge in [0.15, 0.2) is 0 Å². The molecule has 0 saturated heterocycles. The Hall–Kier alpha value is -0.750. The molecule has 134 valence electrons. The number of hydrogen-bond acceptors (Lipinski definition) is 3. The molecule has 0 aromatic heterocycles. The molecule has 0 fully saturated rings. The Morgan fingerprint density at radius 3 is 2.20 bits per heavy atom. The van der Waals surface area contributed by atoms with Gasteiger partial charge in [-0.15, -0.1) is 0 Å². The summed E-state index contributed by atoms with van der Waals surface area (Å²) in [6.45, 7) is 0. The molecule has 2 aromatic rings. The van der Waals surface area contributed by atoms with Crippen LogP contribution in [0.1, 0.15) is 11.1 Å². The van der Waals surface area contributed by atoms with E-state index in [2.05, 4.69) is 5.32 Å². The third-order valence-corrected chi connectivity index (χ3v) is 4.19. The molecule has 0 saturated carbocycles. The summed E-state index contributed by atoms with van der Waals surface area (Å²) in [6.07, 6.45) is -1.50. The number of alkyl halides is 6. The SMILES string of the molecule is O=C([O-])Nc1ccc(Oc2cccc(C(Cl)(Cl)Cl)c2)c(C(Cl)(Cl)Cl)c1. The van der Waals surface area contributed by atoms with E-state index in [1.807, 2.05) is 0 Å². The molecule has 0 aliphatic carbocycles. The monoisotopic (exact) mass is 460 g/mol. The van der Waals surface area contributed by atoms with Crippen LogP contribution in [0.5, 0.6) is 11.5 Å². The first kappa shape index (κ1) is 20.6. The molecular formula is C15H8Cl6NO3-. The summed E-state index contributed by atoms with van der Waals surface area (Å²) >= 11 is 35.4. The van der Waals surface area contributed by atoms with E-state index >= 15 is 0 Å². The van der Waals surface area contributed by atoms with E-state index in [0.29, 0.717) is 11.3 Å². The Labute approximate surface area is 173 Å². The van der Waals surface area contributed by atoms with Crippen LogP contribution >= 0.6 is 69.6 Å². The summed E-state index contributed by atoms with van der Waals surface area (Å²) in [4.78, 5) is 10.6. The van der Waals surface area contributed by atoms with Gasteiger partial charge in [-0.25, -0.2) is 0 Å². The van der Waals surface area contributed by atoms with E-state index in [1.165, 1.54) is 24.3 Å². The summed E-state index contributed by atoms with van der Waals surface area (Å²) in [5.74, 6) is 0.519. The predicted molar refractivity (Wildman–Crippen MR) is 100 cm³/mol. The van der Waals surface area contributed by atoms with Gasteiger partial charge in [0.25, 0.3) is 0 Å². The number of nitrogens with one attached hydrogen (secondary N) is 1. The molecular weight excluding hydrogens is 455 g/mol. The van der Waals surface area contributed by atoms with E-state index in [9.17, 15) is 9.90 Å². The average Bonchev–Trinajstić information content (AvgIpc) is 2.46. The lowest BCUT2D eigenvalue weighted by atomic mass is 10.2. The van der Waals surface area contributed by atoms with Gasteiger partial charge in [-0.1, -0.05) is 81.7 Å². The zero-order valence-corrected chi connectivity index (χ0v) is 16.6. The maximum absolute atomic E-state index is 10.6.